The first-order chi connectivity index (χ1) is 14.0. The van der Waals surface area contributed by atoms with Crippen LogP contribution in [0.3, 0.4) is 0 Å². The number of nitrogens with two attached hydrogens (primary N) is 1. The zero-order chi connectivity index (χ0) is 20.4. The van der Waals surface area contributed by atoms with Crippen LogP contribution in [0.4, 0.5) is 0 Å². The average molecular weight is 425 g/mol. The molecule has 0 saturated carbocycles. The van der Waals surface area contributed by atoms with E-state index in [0.29, 0.717) is 21.7 Å². The molecule has 0 saturated heterocycles. The van der Waals surface area contributed by atoms with Crippen molar-refractivity contribution in [2.45, 2.75) is 14.9 Å². The summed E-state index contributed by atoms with van der Waals surface area (Å²) in [6.07, 6.45) is 0. The van der Waals surface area contributed by atoms with Crippen LogP contribution in [0.15, 0.2) is 104 Å². The lowest BCUT2D eigenvalue weighted by molar-refractivity contribution is 0.348. The molecular formula is C21H16N2O4S2. The Labute approximate surface area is 170 Å². The first-order valence-corrected chi connectivity index (χ1v) is 11.3. The van der Waals surface area contributed by atoms with Gasteiger partial charge in [0.1, 0.15) is 16.5 Å². The van der Waals surface area contributed by atoms with Crippen molar-refractivity contribution >= 4 is 20.8 Å². The highest BCUT2D eigenvalue weighted by molar-refractivity contribution is 7.89. The Balaban J connectivity index is 2.02. The number of hydrogen-bond acceptors (Lipinski definition) is 5. The summed E-state index contributed by atoms with van der Waals surface area (Å²) in [4.78, 5) is 0.421. The van der Waals surface area contributed by atoms with Crippen LogP contribution < -0.4 is 5.14 Å². The Morgan fingerprint density at radius 2 is 1.41 bits per heavy atom. The summed E-state index contributed by atoms with van der Waals surface area (Å²) in [6, 6.07) is 24.1. The third-order valence-corrected chi connectivity index (χ3v) is 6.58. The Hall–Kier alpha value is -3.07. The van der Waals surface area contributed by atoms with E-state index in [0.717, 1.165) is 0 Å². The molecule has 4 aromatic rings. The second kappa shape index (κ2) is 7.75. The van der Waals surface area contributed by atoms with Crippen LogP contribution in [0, 0.1) is 0 Å². The van der Waals surface area contributed by atoms with Gasteiger partial charge in [-0.15, -0.1) is 0 Å². The molecule has 4 rings (SSSR count). The van der Waals surface area contributed by atoms with Crippen LogP contribution in [-0.2, 0) is 20.8 Å². The van der Waals surface area contributed by atoms with Crippen LogP contribution in [-0.4, -0.2) is 17.8 Å². The number of aromatic nitrogens is 1. The van der Waals surface area contributed by atoms with E-state index in [1.807, 2.05) is 36.4 Å². The van der Waals surface area contributed by atoms with E-state index < -0.39 is 20.8 Å². The maximum absolute atomic E-state index is 13.2. The van der Waals surface area contributed by atoms with Gasteiger partial charge in [-0.25, -0.2) is 17.8 Å². The summed E-state index contributed by atoms with van der Waals surface area (Å²) in [6.45, 7) is 0. The van der Waals surface area contributed by atoms with Crippen molar-refractivity contribution in [1.82, 2.24) is 5.16 Å². The molecular weight excluding hydrogens is 408 g/mol. The Kier molecular flexibility index (Phi) is 5.14. The fourth-order valence-electron chi connectivity index (χ4n) is 3.00. The van der Waals surface area contributed by atoms with Crippen molar-refractivity contribution in [2.75, 3.05) is 0 Å². The van der Waals surface area contributed by atoms with Crippen molar-refractivity contribution in [3.05, 3.63) is 84.9 Å². The smallest absolute Gasteiger partial charge is 0.238 e. The zero-order valence-corrected chi connectivity index (χ0v) is 16.7. The number of primary sulfonamides is 1. The molecule has 0 aliphatic carbocycles. The summed E-state index contributed by atoms with van der Waals surface area (Å²) in [7, 11) is -5.75. The molecule has 0 spiro atoms. The van der Waals surface area contributed by atoms with Crippen LogP contribution in [0.25, 0.3) is 22.4 Å². The van der Waals surface area contributed by atoms with E-state index in [1.54, 1.807) is 42.5 Å². The van der Waals surface area contributed by atoms with Gasteiger partial charge < -0.3 is 4.52 Å². The molecule has 0 fully saturated rings. The predicted molar refractivity (Wildman–Crippen MR) is 110 cm³/mol. The normalized spacial score (nSPS) is 12.6. The maximum Gasteiger partial charge on any atom is 0.238 e. The molecule has 0 amide bonds. The minimum absolute atomic E-state index is 0.0613. The van der Waals surface area contributed by atoms with Gasteiger partial charge >= 0.3 is 0 Å². The molecule has 1 heterocycles. The lowest BCUT2D eigenvalue weighted by atomic mass is 10.0. The van der Waals surface area contributed by atoms with Crippen LogP contribution in [0.5, 0.6) is 0 Å². The van der Waals surface area contributed by atoms with Gasteiger partial charge in [-0.3, -0.25) is 0 Å². The van der Waals surface area contributed by atoms with E-state index in [1.165, 1.54) is 6.07 Å². The average Bonchev–Trinajstić information content (AvgIpc) is 3.19. The molecule has 0 radical (unpaired) electrons. The molecule has 0 aliphatic heterocycles. The van der Waals surface area contributed by atoms with Crippen molar-refractivity contribution in [3.8, 4) is 22.4 Å². The topological polar surface area (TPSA) is 103 Å². The number of nitrogens with zero attached hydrogens (tertiary/aromatic N) is 1. The molecule has 0 bridgehead atoms. The molecule has 146 valence electrons. The second-order valence-electron chi connectivity index (χ2n) is 6.18. The monoisotopic (exact) mass is 424 g/mol. The first-order valence-electron chi connectivity index (χ1n) is 8.61. The van der Waals surface area contributed by atoms with E-state index >= 15 is 0 Å². The lowest BCUT2D eigenvalue weighted by Gasteiger charge is -2.09. The molecule has 2 N–H and O–H groups in total. The SMILES string of the molecule is NS(=O)(=O)c1ccccc1-c1c(-c2ccccc2)noc1S(=O)c1ccccc1. The van der Waals surface area contributed by atoms with E-state index in [-0.39, 0.29) is 15.6 Å². The maximum atomic E-state index is 13.2. The minimum atomic E-state index is -4.03. The quantitative estimate of drug-likeness (QED) is 0.524. The Morgan fingerprint density at radius 1 is 0.828 bits per heavy atom. The molecule has 6 nitrogen and oxygen atoms in total. The molecule has 0 aliphatic rings. The number of hydrogen-bond donors (Lipinski definition) is 1. The summed E-state index contributed by atoms with van der Waals surface area (Å²) >= 11 is 0. The number of benzene rings is 3. The van der Waals surface area contributed by atoms with Gasteiger partial charge in [-0.2, -0.15) is 0 Å². The third-order valence-electron chi connectivity index (χ3n) is 4.30. The van der Waals surface area contributed by atoms with Gasteiger partial charge in [0.2, 0.25) is 15.1 Å². The molecule has 1 unspecified atom stereocenters. The van der Waals surface area contributed by atoms with Crippen molar-refractivity contribution in [1.29, 1.82) is 0 Å². The zero-order valence-electron chi connectivity index (χ0n) is 15.1. The van der Waals surface area contributed by atoms with Gasteiger partial charge in [-0.05, 0) is 18.2 Å². The van der Waals surface area contributed by atoms with Gasteiger partial charge in [0.25, 0.3) is 0 Å². The summed E-state index contributed by atoms with van der Waals surface area (Å²) < 4.78 is 43.1. The molecule has 3 aromatic carbocycles. The fourth-order valence-corrected chi connectivity index (χ4v) is 4.86. The number of rotatable bonds is 5. The molecule has 8 heteroatoms. The van der Waals surface area contributed by atoms with E-state index in [4.69, 9.17) is 9.66 Å². The van der Waals surface area contributed by atoms with Gasteiger partial charge in [0.15, 0.2) is 0 Å². The highest BCUT2D eigenvalue weighted by Crippen LogP contribution is 2.40. The minimum Gasteiger partial charge on any atom is -0.346 e. The largest absolute Gasteiger partial charge is 0.346 e. The predicted octanol–water partition coefficient (Wildman–Crippen LogP) is 3.82. The van der Waals surface area contributed by atoms with Crippen LogP contribution in [0.1, 0.15) is 0 Å². The number of sulfonamides is 1. The molecule has 29 heavy (non-hydrogen) atoms. The van der Waals surface area contributed by atoms with Crippen molar-refractivity contribution < 1.29 is 17.1 Å². The van der Waals surface area contributed by atoms with Gasteiger partial charge in [0, 0.05) is 16.0 Å². The van der Waals surface area contributed by atoms with Crippen LogP contribution in [0.2, 0.25) is 0 Å². The van der Waals surface area contributed by atoms with E-state index in [2.05, 4.69) is 5.16 Å². The van der Waals surface area contributed by atoms with Gasteiger partial charge in [0.05, 0.1) is 10.5 Å². The lowest BCUT2D eigenvalue weighted by Crippen LogP contribution is -2.13. The standard InChI is InChI=1S/C21H16N2O4S2/c22-29(25,26)18-14-8-7-13-17(18)19-20(15-9-3-1-4-10-15)23-27-21(19)28(24)16-11-5-2-6-12-16/h1-14H,(H2,22,25,26). The Morgan fingerprint density at radius 3 is 2.07 bits per heavy atom. The van der Waals surface area contributed by atoms with Crippen molar-refractivity contribution in [3.63, 3.8) is 0 Å². The molecule has 1 aromatic heterocycles. The summed E-state index contributed by atoms with van der Waals surface area (Å²) in [5.74, 6) is 0. The van der Waals surface area contributed by atoms with Crippen molar-refractivity contribution in [2.24, 2.45) is 5.14 Å². The fraction of sp³-hybridized carbons (Fsp3) is 0. The highest BCUT2D eigenvalue weighted by Gasteiger charge is 2.28. The highest BCUT2D eigenvalue weighted by atomic mass is 32.2. The van der Waals surface area contributed by atoms with E-state index in [9.17, 15) is 12.6 Å². The first kappa shape index (κ1) is 19.3. The van der Waals surface area contributed by atoms with Crippen LogP contribution >= 0.6 is 0 Å². The molecule has 1 atom stereocenters. The second-order valence-corrected chi connectivity index (χ2v) is 9.09. The Bertz CT molecular complexity index is 1280. The summed E-state index contributed by atoms with van der Waals surface area (Å²) in [5, 5.41) is 9.63. The summed E-state index contributed by atoms with van der Waals surface area (Å²) in [5.41, 5.74) is 1.71. The van der Waals surface area contributed by atoms with Gasteiger partial charge in [-0.1, -0.05) is 71.9 Å². The third kappa shape index (κ3) is 3.77.